The fraction of sp³-hybridized carbons (Fsp3) is 0.480. The number of rotatable bonds is 3. The summed E-state index contributed by atoms with van der Waals surface area (Å²) in [6, 6.07) is 2.43. The number of ether oxygens (including phenoxy) is 1. The van der Waals surface area contributed by atoms with Crippen LogP contribution in [0.15, 0.2) is 41.6 Å². The van der Waals surface area contributed by atoms with E-state index in [0.29, 0.717) is 31.6 Å². The molecule has 1 saturated heterocycles. The Morgan fingerprint density at radius 1 is 1.18 bits per heavy atom. The van der Waals surface area contributed by atoms with E-state index in [2.05, 4.69) is 5.16 Å². The largest absolute Gasteiger partial charge is 0.508 e. The van der Waals surface area contributed by atoms with Gasteiger partial charge in [0.2, 0.25) is 0 Å². The molecule has 0 radical (unpaired) electrons. The summed E-state index contributed by atoms with van der Waals surface area (Å²) in [7, 11) is 0. The smallest absolute Gasteiger partial charge is 0.342 e. The summed E-state index contributed by atoms with van der Waals surface area (Å²) < 4.78 is 5.44. The molecule has 9 nitrogen and oxygen atoms in total. The Morgan fingerprint density at radius 3 is 2.71 bits per heavy atom. The molecule has 1 fully saturated rings. The first kappa shape index (κ1) is 25.3. The van der Waals surface area contributed by atoms with Gasteiger partial charge in [-0.3, -0.25) is 4.79 Å². The molecule has 1 amide bonds. The molecule has 2 atom stereocenters. The van der Waals surface area contributed by atoms with Gasteiger partial charge in [0, 0.05) is 32.0 Å². The lowest BCUT2D eigenvalue weighted by molar-refractivity contribution is -0.137. The number of oxime groups is 1. The summed E-state index contributed by atoms with van der Waals surface area (Å²) in [6.07, 6.45) is 9.22. The van der Waals surface area contributed by atoms with E-state index in [1.807, 2.05) is 0 Å². The van der Waals surface area contributed by atoms with Gasteiger partial charge in [0.05, 0.1) is 11.8 Å². The maximum absolute atomic E-state index is 12.8. The lowest BCUT2D eigenvalue weighted by atomic mass is 9.99. The molecular formula is C25H32N2O7. The molecular weight excluding hydrogens is 440 g/mol. The average Bonchev–Trinajstić information content (AvgIpc) is 2.78. The highest BCUT2D eigenvalue weighted by Gasteiger charge is 2.22. The van der Waals surface area contributed by atoms with Crippen LogP contribution in [-0.4, -0.2) is 69.7 Å². The maximum Gasteiger partial charge on any atom is 0.342 e. The summed E-state index contributed by atoms with van der Waals surface area (Å²) in [5, 5.41) is 34.6. The van der Waals surface area contributed by atoms with Crippen LogP contribution < -0.4 is 0 Å². The van der Waals surface area contributed by atoms with Gasteiger partial charge in [0.1, 0.15) is 23.2 Å². The molecule has 0 saturated carbocycles. The molecule has 0 bridgehead atoms. The Balaban J connectivity index is 1.86. The molecule has 0 aliphatic carbocycles. The van der Waals surface area contributed by atoms with Gasteiger partial charge in [-0.15, -0.1) is 0 Å². The van der Waals surface area contributed by atoms with Crippen molar-refractivity contribution in [2.45, 2.75) is 57.7 Å². The van der Waals surface area contributed by atoms with Crippen molar-refractivity contribution in [3.05, 3.63) is 47.6 Å². The Labute approximate surface area is 199 Å². The first-order valence-corrected chi connectivity index (χ1v) is 11.6. The van der Waals surface area contributed by atoms with Crippen molar-refractivity contribution in [3.8, 4) is 11.5 Å². The predicted octanol–water partition coefficient (Wildman–Crippen LogP) is 2.84. The van der Waals surface area contributed by atoms with Crippen molar-refractivity contribution in [1.29, 1.82) is 0 Å². The molecule has 3 rings (SSSR count). The average molecular weight is 473 g/mol. The number of benzene rings is 1. The minimum Gasteiger partial charge on any atom is -0.508 e. The third kappa shape index (κ3) is 7.34. The second kappa shape index (κ2) is 12.2. The Bertz CT molecular complexity index is 964. The quantitative estimate of drug-likeness (QED) is 0.350. The second-order valence-corrected chi connectivity index (χ2v) is 8.56. The second-order valence-electron chi connectivity index (χ2n) is 8.56. The summed E-state index contributed by atoms with van der Waals surface area (Å²) in [4.78, 5) is 32.2. The van der Waals surface area contributed by atoms with E-state index in [-0.39, 0.29) is 35.8 Å². The number of carbonyl (C=O) groups excluding carboxylic acids is 2. The summed E-state index contributed by atoms with van der Waals surface area (Å²) in [5.41, 5.74) is 0.556. The standard InChI is InChI=1S/C25H32N2O7/c1-17-7-5-9-20(28)10-6-8-19(26-33-16-23(31)27-11-3-2-4-12-27)13-18-14-21(29)15-22(30)24(18)25(32)34-17/h5-6,8-9,14-15,17,20,28-30H,2-4,7,10-13,16H2,1H3/b8-6+,9-5+,26-19?/t17-,20-/m1/s1. The van der Waals surface area contributed by atoms with Gasteiger partial charge in [0.25, 0.3) is 5.91 Å². The molecule has 2 aliphatic heterocycles. The van der Waals surface area contributed by atoms with Gasteiger partial charge in [-0.25, -0.2) is 4.79 Å². The topological polar surface area (TPSA) is 129 Å². The normalized spacial score (nSPS) is 25.1. The molecule has 184 valence electrons. The lowest BCUT2D eigenvalue weighted by Crippen LogP contribution is -2.37. The van der Waals surface area contributed by atoms with Crippen molar-refractivity contribution in [2.24, 2.45) is 5.16 Å². The van der Waals surface area contributed by atoms with Crippen molar-refractivity contribution < 1.29 is 34.5 Å². The minimum absolute atomic E-state index is 0.0150. The van der Waals surface area contributed by atoms with E-state index in [9.17, 15) is 24.9 Å². The van der Waals surface area contributed by atoms with Crippen LogP contribution in [0.5, 0.6) is 11.5 Å². The number of esters is 1. The number of fused-ring (bicyclic) bond motifs is 1. The van der Waals surface area contributed by atoms with Crippen LogP contribution in [0, 0.1) is 0 Å². The Kier molecular flexibility index (Phi) is 9.09. The van der Waals surface area contributed by atoms with Crippen LogP contribution in [0.4, 0.5) is 0 Å². The van der Waals surface area contributed by atoms with Crippen LogP contribution in [0.2, 0.25) is 0 Å². The zero-order chi connectivity index (χ0) is 24.5. The number of nitrogens with zero attached hydrogens (tertiary/aromatic N) is 2. The zero-order valence-electron chi connectivity index (χ0n) is 19.4. The highest BCUT2D eigenvalue weighted by Crippen LogP contribution is 2.29. The maximum atomic E-state index is 12.8. The van der Waals surface area contributed by atoms with Crippen LogP contribution in [-0.2, 0) is 20.8 Å². The van der Waals surface area contributed by atoms with Crippen LogP contribution in [0.3, 0.4) is 0 Å². The number of hydrogen-bond acceptors (Lipinski definition) is 8. The zero-order valence-corrected chi connectivity index (χ0v) is 19.4. The number of carbonyl (C=O) groups is 2. The van der Waals surface area contributed by atoms with E-state index in [1.165, 1.54) is 6.07 Å². The predicted molar refractivity (Wildman–Crippen MR) is 126 cm³/mol. The number of hydrogen-bond donors (Lipinski definition) is 3. The van der Waals surface area contributed by atoms with Crippen molar-refractivity contribution in [3.63, 3.8) is 0 Å². The van der Waals surface area contributed by atoms with Crippen LogP contribution in [0.1, 0.15) is 54.9 Å². The molecule has 0 aromatic heterocycles. The third-order valence-corrected chi connectivity index (χ3v) is 5.66. The molecule has 34 heavy (non-hydrogen) atoms. The SMILES string of the molecule is C[C@@H]1C/C=C/[C@@H](O)C/C=C/C(=NOCC(=O)N2CCCCC2)Cc2cc(O)cc(O)c2C(=O)O1. The molecule has 1 aromatic rings. The van der Waals surface area contributed by atoms with Gasteiger partial charge in [-0.1, -0.05) is 23.4 Å². The van der Waals surface area contributed by atoms with E-state index < -0.39 is 23.9 Å². The molecule has 1 aromatic carbocycles. The van der Waals surface area contributed by atoms with Crippen molar-refractivity contribution in [2.75, 3.05) is 19.7 Å². The molecule has 3 N–H and O–H groups in total. The number of allylic oxidation sites excluding steroid dienone is 1. The number of phenols is 2. The number of phenolic OH excluding ortho intramolecular Hbond substituents is 2. The summed E-state index contributed by atoms with van der Waals surface area (Å²) in [5.74, 6) is -1.52. The third-order valence-electron chi connectivity index (χ3n) is 5.66. The summed E-state index contributed by atoms with van der Waals surface area (Å²) >= 11 is 0. The van der Waals surface area contributed by atoms with Crippen molar-refractivity contribution >= 4 is 17.6 Å². The van der Waals surface area contributed by atoms with Gasteiger partial charge in [-0.2, -0.15) is 0 Å². The number of aromatic hydroxyl groups is 2. The number of piperidine rings is 1. The van der Waals surface area contributed by atoms with Gasteiger partial charge >= 0.3 is 5.97 Å². The van der Waals surface area contributed by atoms with Crippen LogP contribution >= 0.6 is 0 Å². The van der Waals surface area contributed by atoms with E-state index in [4.69, 9.17) is 9.57 Å². The lowest BCUT2D eigenvalue weighted by Gasteiger charge is -2.26. The molecule has 9 heteroatoms. The van der Waals surface area contributed by atoms with E-state index >= 15 is 0 Å². The van der Waals surface area contributed by atoms with Crippen molar-refractivity contribution in [1.82, 2.24) is 4.90 Å². The van der Waals surface area contributed by atoms with Gasteiger partial charge in [0.15, 0.2) is 6.61 Å². The fourth-order valence-corrected chi connectivity index (χ4v) is 3.91. The van der Waals surface area contributed by atoms with Gasteiger partial charge < -0.3 is 29.8 Å². The first-order valence-electron chi connectivity index (χ1n) is 11.6. The summed E-state index contributed by atoms with van der Waals surface area (Å²) in [6.45, 7) is 2.89. The van der Waals surface area contributed by atoms with Crippen LogP contribution in [0.25, 0.3) is 0 Å². The van der Waals surface area contributed by atoms with Gasteiger partial charge in [-0.05, 0) is 50.3 Å². The van der Waals surface area contributed by atoms with E-state index in [1.54, 1.807) is 36.1 Å². The molecule has 0 unspecified atom stereocenters. The Hall–Kier alpha value is -3.33. The first-order chi connectivity index (χ1) is 16.3. The number of amides is 1. The number of likely N-dealkylation sites (tertiary alicyclic amines) is 1. The highest BCUT2D eigenvalue weighted by atomic mass is 16.6. The monoisotopic (exact) mass is 472 g/mol. The highest BCUT2D eigenvalue weighted by molar-refractivity contribution is 6.00. The number of cyclic esters (lactones) is 1. The Morgan fingerprint density at radius 2 is 1.94 bits per heavy atom. The fourth-order valence-electron chi connectivity index (χ4n) is 3.91. The molecule has 2 heterocycles. The number of aliphatic hydroxyl groups is 1. The molecule has 2 aliphatic rings. The number of aliphatic hydroxyl groups excluding tert-OH is 1. The minimum atomic E-state index is -0.740. The van der Waals surface area contributed by atoms with E-state index in [0.717, 1.165) is 25.3 Å². The molecule has 0 spiro atoms.